The van der Waals surface area contributed by atoms with E-state index in [9.17, 15) is 0 Å². The fraction of sp³-hybridized carbons (Fsp3) is 0.308. The molecule has 5 rings (SSSR count). The maximum atomic E-state index is 6.41. The van der Waals surface area contributed by atoms with Gasteiger partial charge in [-0.05, 0) is 35.4 Å². The van der Waals surface area contributed by atoms with Crippen LogP contribution < -0.4 is 19.5 Å². The van der Waals surface area contributed by atoms with Gasteiger partial charge in [-0.3, -0.25) is 0 Å². The highest BCUT2D eigenvalue weighted by Gasteiger charge is 2.47. The largest absolute Gasteiger partial charge is 0.496 e. The minimum Gasteiger partial charge on any atom is -0.496 e. The van der Waals surface area contributed by atoms with Crippen molar-refractivity contribution in [3.05, 3.63) is 70.7 Å². The molecule has 4 nitrogen and oxygen atoms in total. The Morgan fingerprint density at radius 3 is 2.55 bits per heavy atom. The molecule has 3 aromatic carbocycles. The molecule has 1 N–H and O–H groups in total. The zero-order chi connectivity index (χ0) is 21.8. The predicted molar refractivity (Wildman–Crippen MR) is 125 cm³/mol. The van der Waals surface area contributed by atoms with Crippen LogP contribution in [0, 0.1) is 5.92 Å². The second-order valence-corrected chi connectivity index (χ2v) is 9.18. The Hall–Kier alpha value is -2.85. The van der Waals surface area contributed by atoms with E-state index in [2.05, 4.69) is 43.4 Å². The van der Waals surface area contributed by atoms with Crippen LogP contribution in [0.3, 0.4) is 0 Å². The summed E-state index contributed by atoms with van der Waals surface area (Å²) in [5.41, 5.74) is 5.58. The number of methoxy groups -OCH3 is 2. The second-order valence-electron chi connectivity index (χ2n) is 8.75. The van der Waals surface area contributed by atoms with Crippen molar-refractivity contribution in [2.75, 3.05) is 26.1 Å². The number of ether oxygens (including phenoxy) is 3. The van der Waals surface area contributed by atoms with Gasteiger partial charge in [-0.1, -0.05) is 49.7 Å². The highest BCUT2D eigenvalue weighted by Crippen LogP contribution is 2.54. The van der Waals surface area contributed by atoms with Crippen molar-refractivity contribution in [2.24, 2.45) is 5.92 Å². The molecule has 3 aromatic rings. The lowest BCUT2D eigenvalue weighted by atomic mass is 9.65. The van der Waals surface area contributed by atoms with Crippen LogP contribution in [0.25, 0.3) is 11.1 Å². The highest BCUT2D eigenvalue weighted by atomic mass is 35.5. The molecule has 0 amide bonds. The second kappa shape index (κ2) is 7.38. The highest BCUT2D eigenvalue weighted by molar-refractivity contribution is 6.30. The average Bonchev–Trinajstić information content (AvgIpc) is 2.78. The standard InChI is InChI=1S/C26H26ClNO3/c1-26(2)19-11-15(17-7-5-6-8-22(17)29-3)9-10-21(19)28-24-18-12-16(27)13-23(30-4)25(18)31-14-20(24)26/h5-13,20,24,28H,14H2,1-4H3. The molecule has 0 radical (unpaired) electrons. The van der Waals surface area contributed by atoms with E-state index >= 15 is 0 Å². The van der Waals surface area contributed by atoms with Gasteiger partial charge < -0.3 is 19.5 Å². The van der Waals surface area contributed by atoms with Crippen molar-refractivity contribution in [1.29, 1.82) is 0 Å². The van der Waals surface area contributed by atoms with E-state index in [0.717, 1.165) is 33.9 Å². The Kier molecular flexibility index (Phi) is 4.78. The summed E-state index contributed by atoms with van der Waals surface area (Å²) in [5.74, 6) is 2.57. The number of rotatable bonds is 3. The molecule has 2 unspecified atom stereocenters. The number of benzene rings is 3. The van der Waals surface area contributed by atoms with E-state index < -0.39 is 0 Å². The third-order valence-electron chi connectivity index (χ3n) is 6.78. The van der Waals surface area contributed by atoms with Crippen molar-refractivity contribution in [2.45, 2.75) is 25.3 Å². The van der Waals surface area contributed by atoms with E-state index in [0.29, 0.717) is 17.4 Å². The number of para-hydroxylation sites is 1. The number of hydrogen-bond donors (Lipinski definition) is 1. The SMILES string of the molecule is COc1ccccc1-c1ccc2c(c1)C(C)(C)C1COc3c(OC)cc(Cl)cc3C1N2. The van der Waals surface area contributed by atoms with E-state index in [1.54, 1.807) is 14.2 Å². The van der Waals surface area contributed by atoms with Crippen LogP contribution in [0.1, 0.15) is 31.0 Å². The minimum atomic E-state index is -0.115. The van der Waals surface area contributed by atoms with Crippen LogP contribution in [0.4, 0.5) is 5.69 Å². The Morgan fingerprint density at radius 1 is 1.00 bits per heavy atom. The number of halogens is 1. The summed E-state index contributed by atoms with van der Waals surface area (Å²) in [6, 6.07) is 18.6. The first-order valence-corrected chi connectivity index (χ1v) is 10.9. The molecule has 0 aromatic heterocycles. The smallest absolute Gasteiger partial charge is 0.166 e. The molecular formula is C26H26ClNO3. The molecule has 2 atom stereocenters. The first-order chi connectivity index (χ1) is 14.9. The summed E-state index contributed by atoms with van der Waals surface area (Å²) >= 11 is 6.41. The Bertz CT molecular complexity index is 1160. The normalized spacial score (nSPS) is 20.4. The molecule has 0 fully saturated rings. The summed E-state index contributed by atoms with van der Waals surface area (Å²) in [6.45, 7) is 5.20. The van der Waals surface area contributed by atoms with Crippen LogP contribution in [-0.2, 0) is 5.41 Å². The number of fused-ring (bicyclic) bond motifs is 4. The molecule has 5 heteroatoms. The van der Waals surface area contributed by atoms with E-state index in [1.807, 2.05) is 30.3 Å². The first kappa shape index (κ1) is 20.1. The van der Waals surface area contributed by atoms with Gasteiger partial charge in [0.05, 0.1) is 26.9 Å². The van der Waals surface area contributed by atoms with E-state index in [1.165, 1.54) is 5.56 Å². The van der Waals surface area contributed by atoms with Gasteiger partial charge in [0.15, 0.2) is 11.5 Å². The fourth-order valence-electron chi connectivity index (χ4n) is 5.04. The van der Waals surface area contributed by atoms with Crippen LogP contribution >= 0.6 is 11.6 Å². The summed E-state index contributed by atoms with van der Waals surface area (Å²) in [6.07, 6.45) is 0. The Balaban J connectivity index is 1.62. The van der Waals surface area contributed by atoms with Gasteiger partial charge >= 0.3 is 0 Å². The van der Waals surface area contributed by atoms with Crippen molar-refractivity contribution in [3.63, 3.8) is 0 Å². The van der Waals surface area contributed by atoms with Crippen LogP contribution in [0.5, 0.6) is 17.2 Å². The lowest BCUT2D eigenvalue weighted by molar-refractivity contribution is 0.131. The maximum absolute atomic E-state index is 6.41. The molecule has 2 heterocycles. The maximum Gasteiger partial charge on any atom is 0.166 e. The van der Waals surface area contributed by atoms with Gasteiger partial charge in [-0.2, -0.15) is 0 Å². The van der Waals surface area contributed by atoms with Gasteiger partial charge in [0.25, 0.3) is 0 Å². The van der Waals surface area contributed by atoms with Crippen LogP contribution in [0.15, 0.2) is 54.6 Å². The van der Waals surface area contributed by atoms with Gasteiger partial charge in [-0.25, -0.2) is 0 Å². The zero-order valence-corrected chi connectivity index (χ0v) is 18.9. The van der Waals surface area contributed by atoms with Gasteiger partial charge in [0.2, 0.25) is 0 Å². The van der Waals surface area contributed by atoms with Crippen molar-refractivity contribution >= 4 is 17.3 Å². The summed E-state index contributed by atoms with van der Waals surface area (Å²) < 4.78 is 17.4. The molecular weight excluding hydrogens is 410 g/mol. The summed E-state index contributed by atoms with van der Waals surface area (Å²) in [5, 5.41) is 4.42. The lowest BCUT2D eigenvalue weighted by Crippen LogP contribution is -2.46. The first-order valence-electron chi connectivity index (χ1n) is 10.5. The molecule has 160 valence electrons. The third-order valence-corrected chi connectivity index (χ3v) is 7.00. The zero-order valence-electron chi connectivity index (χ0n) is 18.2. The average molecular weight is 436 g/mol. The van der Waals surface area contributed by atoms with Gasteiger partial charge in [-0.15, -0.1) is 0 Å². The Morgan fingerprint density at radius 2 is 1.77 bits per heavy atom. The number of hydrogen-bond acceptors (Lipinski definition) is 4. The monoisotopic (exact) mass is 435 g/mol. The molecule has 0 bridgehead atoms. The van der Waals surface area contributed by atoms with Crippen LogP contribution in [-0.4, -0.2) is 20.8 Å². The van der Waals surface area contributed by atoms with Crippen molar-refractivity contribution < 1.29 is 14.2 Å². The van der Waals surface area contributed by atoms with Gasteiger partial charge in [0.1, 0.15) is 5.75 Å². The molecule has 0 saturated carbocycles. The topological polar surface area (TPSA) is 39.7 Å². The minimum absolute atomic E-state index is 0.0935. The molecule has 31 heavy (non-hydrogen) atoms. The van der Waals surface area contributed by atoms with Crippen molar-refractivity contribution in [1.82, 2.24) is 0 Å². The quantitative estimate of drug-likeness (QED) is 0.511. The Labute approximate surface area is 188 Å². The van der Waals surface area contributed by atoms with Crippen LogP contribution in [0.2, 0.25) is 5.02 Å². The van der Waals surface area contributed by atoms with E-state index in [4.69, 9.17) is 25.8 Å². The fourth-order valence-corrected chi connectivity index (χ4v) is 5.25. The van der Waals surface area contributed by atoms with Gasteiger partial charge in [0, 0.05) is 39.2 Å². The lowest BCUT2D eigenvalue weighted by Gasteiger charge is -2.48. The third kappa shape index (κ3) is 3.12. The summed E-state index contributed by atoms with van der Waals surface area (Å²) in [4.78, 5) is 0. The van der Waals surface area contributed by atoms with E-state index in [-0.39, 0.29) is 17.4 Å². The molecule has 2 aliphatic rings. The predicted octanol–water partition coefficient (Wildman–Crippen LogP) is 6.48. The molecule has 0 spiro atoms. The molecule has 2 aliphatic heterocycles. The molecule has 0 aliphatic carbocycles. The number of nitrogens with one attached hydrogen (secondary N) is 1. The number of anilines is 1. The molecule has 0 saturated heterocycles. The summed E-state index contributed by atoms with van der Waals surface area (Å²) in [7, 11) is 3.36. The van der Waals surface area contributed by atoms with Crippen molar-refractivity contribution in [3.8, 4) is 28.4 Å².